The summed E-state index contributed by atoms with van der Waals surface area (Å²) in [6.07, 6.45) is 3.51. The lowest BCUT2D eigenvalue weighted by atomic mass is 10.1. The van der Waals surface area contributed by atoms with Crippen molar-refractivity contribution in [2.45, 2.75) is 6.42 Å². The number of amides is 1. The summed E-state index contributed by atoms with van der Waals surface area (Å²) in [6.45, 7) is 3.97. The highest BCUT2D eigenvalue weighted by molar-refractivity contribution is 5.99. The minimum atomic E-state index is -0.556. The molecular formula is C26H23N5O3. The Hall–Kier alpha value is -4.72. The Morgan fingerprint density at radius 3 is 2.38 bits per heavy atom. The lowest BCUT2D eigenvalue weighted by molar-refractivity contribution is -0.111. The van der Waals surface area contributed by atoms with Gasteiger partial charge in [0.1, 0.15) is 17.2 Å². The van der Waals surface area contributed by atoms with Crippen molar-refractivity contribution >= 4 is 40.2 Å². The first-order chi connectivity index (χ1) is 16.5. The highest BCUT2D eigenvalue weighted by Crippen LogP contribution is 2.24. The van der Waals surface area contributed by atoms with Gasteiger partial charge in [0.05, 0.1) is 0 Å². The number of nitrogens with zero attached hydrogens (tertiary/aromatic N) is 1. The van der Waals surface area contributed by atoms with Crippen LogP contribution in [0.4, 0.5) is 34.3 Å². The molecule has 0 unspecified atom stereocenters. The molecule has 0 aliphatic carbocycles. The summed E-state index contributed by atoms with van der Waals surface area (Å²) in [5, 5.41) is 12.0. The highest BCUT2D eigenvalue weighted by Gasteiger charge is 2.20. The number of carbonyl (C=O) groups is 1. The van der Waals surface area contributed by atoms with Gasteiger partial charge in [0, 0.05) is 35.9 Å². The van der Waals surface area contributed by atoms with Crippen LogP contribution in [0.3, 0.4) is 0 Å². The second-order valence-electron chi connectivity index (χ2n) is 7.52. The molecule has 0 atom stereocenters. The van der Waals surface area contributed by atoms with Gasteiger partial charge in [-0.2, -0.15) is 0 Å². The summed E-state index contributed by atoms with van der Waals surface area (Å²) < 4.78 is 0. The molecule has 4 N–H and O–H groups in total. The third-order valence-corrected chi connectivity index (χ3v) is 5.09. The molecule has 34 heavy (non-hydrogen) atoms. The van der Waals surface area contributed by atoms with Crippen molar-refractivity contribution < 1.29 is 4.79 Å². The second kappa shape index (κ2) is 10.3. The molecule has 0 fully saturated rings. The maximum atomic E-state index is 12.2. The van der Waals surface area contributed by atoms with Crippen molar-refractivity contribution in [2.24, 2.45) is 0 Å². The fourth-order valence-corrected chi connectivity index (χ4v) is 3.39. The maximum Gasteiger partial charge on any atom is 0.253 e. The van der Waals surface area contributed by atoms with Crippen LogP contribution >= 0.6 is 0 Å². The Bertz CT molecular complexity index is 1390. The molecular weight excluding hydrogens is 430 g/mol. The number of aromatic nitrogens is 1. The standard InChI is InChI=1S/C26H23N5O3/c1-2-22(32)30-19-10-6-9-18(15-19)29-21-16-20(12-14-27-21)31-24-23(25(33)26(24)34)28-13-11-17-7-4-3-5-8-17/h2-10,12,14-16,28H,1,11,13H2,(H,30,32)(H2,27,29,31). The van der Waals surface area contributed by atoms with E-state index in [1.165, 1.54) is 6.08 Å². The van der Waals surface area contributed by atoms with Crippen LogP contribution in [0.5, 0.6) is 0 Å². The predicted octanol–water partition coefficient (Wildman–Crippen LogP) is 3.94. The smallest absolute Gasteiger partial charge is 0.253 e. The quantitative estimate of drug-likeness (QED) is 0.212. The number of nitrogens with one attached hydrogen (secondary N) is 4. The fraction of sp³-hybridized carbons (Fsp3) is 0.0769. The van der Waals surface area contributed by atoms with Crippen LogP contribution < -0.4 is 32.1 Å². The van der Waals surface area contributed by atoms with Gasteiger partial charge in [0.25, 0.3) is 10.9 Å². The molecule has 170 valence electrons. The minimum Gasteiger partial charge on any atom is -0.380 e. The first-order valence-electron chi connectivity index (χ1n) is 10.7. The average molecular weight is 454 g/mol. The van der Waals surface area contributed by atoms with Crippen LogP contribution in [0.2, 0.25) is 0 Å². The van der Waals surface area contributed by atoms with E-state index >= 15 is 0 Å². The molecule has 1 amide bonds. The number of carbonyl (C=O) groups excluding carboxylic acids is 1. The van der Waals surface area contributed by atoms with Gasteiger partial charge in [-0.15, -0.1) is 0 Å². The van der Waals surface area contributed by atoms with Gasteiger partial charge in [-0.1, -0.05) is 43.0 Å². The van der Waals surface area contributed by atoms with E-state index in [2.05, 4.69) is 32.8 Å². The zero-order valence-corrected chi connectivity index (χ0v) is 18.3. The van der Waals surface area contributed by atoms with Gasteiger partial charge in [-0.25, -0.2) is 4.98 Å². The number of benzene rings is 2. The van der Waals surface area contributed by atoms with E-state index < -0.39 is 10.9 Å². The highest BCUT2D eigenvalue weighted by atomic mass is 16.2. The van der Waals surface area contributed by atoms with Crippen LogP contribution in [0.15, 0.2) is 95.2 Å². The molecule has 4 rings (SSSR count). The first kappa shape index (κ1) is 22.5. The Labute approximate surface area is 196 Å². The summed E-state index contributed by atoms with van der Waals surface area (Å²) in [5.74, 6) is 0.220. The monoisotopic (exact) mass is 453 g/mol. The molecule has 0 spiro atoms. The molecule has 0 radical (unpaired) electrons. The van der Waals surface area contributed by atoms with Crippen molar-refractivity contribution in [3.05, 3.63) is 112 Å². The van der Waals surface area contributed by atoms with Crippen LogP contribution in [-0.2, 0) is 11.2 Å². The van der Waals surface area contributed by atoms with Crippen LogP contribution in [-0.4, -0.2) is 17.4 Å². The molecule has 0 aliphatic rings. The predicted molar refractivity (Wildman–Crippen MR) is 136 cm³/mol. The van der Waals surface area contributed by atoms with E-state index in [4.69, 9.17) is 0 Å². The van der Waals surface area contributed by atoms with E-state index in [1.807, 2.05) is 36.4 Å². The number of rotatable bonds is 10. The van der Waals surface area contributed by atoms with Crippen molar-refractivity contribution in [2.75, 3.05) is 27.8 Å². The Morgan fingerprint density at radius 2 is 1.59 bits per heavy atom. The third-order valence-electron chi connectivity index (χ3n) is 5.09. The normalized spacial score (nSPS) is 10.5. The number of hydrogen-bond acceptors (Lipinski definition) is 7. The van der Waals surface area contributed by atoms with E-state index in [9.17, 15) is 14.4 Å². The summed E-state index contributed by atoms with van der Waals surface area (Å²) in [5.41, 5.74) is 2.51. The topological polar surface area (TPSA) is 112 Å². The zero-order valence-electron chi connectivity index (χ0n) is 18.3. The lowest BCUT2D eigenvalue weighted by Gasteiger charge is -2.15. The van der Waals surface area contributed by atoms with Crippen molar-refractivity contribution in [3.8, 4) is 0 Å². The molecule has 8 heteroatoms. The summed E-state index contributed by atoms with van der Waals surface area (Å²) >= 11 is 0. The lowest BCUT2D eigenvalue weighted by Crippen LogP contribution is -2.37. The van der Waals surface area contributed by atoms with Gasteiger partial charge in [-0.3, -0.25) is 14.4 Å². The van der Waals surface area contributed by atoms with Crippen LogP contribution in [0.1, 0.15) is 5.56 Å². The van der Waals surface area contributed by atoms with Crippen molar-refractivity contribution in [1.29, 1.82) is 0 Å². The van der Waals surface area contributed by atoms with E-state index in [0.717, 1.165) is 12.0 Å². The molecule has 8 nitrogen and oxygen atoms in total. The second-order valence-corrected chi connectivity index (χ2v) is 7.52. The first-order valence-corrected chi connectivity index (χ1v) is 10.7. The molecule has 0 saturated heterocycles. The maximum absolute atomic E-state index is 12.2. The molecule has 0 saturated carbocycles. The molecule has 0 bridgehead atoms. The van der Waals surface area contributed by atoms with Gasteiger partial charge in [0.2, 0.25) is 5.91 Å². The summed E-state index contributed by atoms with van der Waals surface area (Å²) in [7, 11) is 0. The Kier molecular flexibility index (Phi) is 6.78. The molecule has 1 aromatic heterocycles. The number of pyridine rings is 1. The third kappa shape index (κ3) is 5.36. The Morgan fingerprint density at radius 1 is 0.853 bits per heavy atom. The summed E-state index contributed by atoms with van der Waals surface area (Å²) in [4.78, 5) is 40.0. The average Bonchev–Trinajstić information content (AvgIpc) is 2.86. The largest absolute Gasteiger partial charge is 0.380 e. The minimum absolute atomic E-state index is 0.240. The molecule has 0 aliphatic heterocycles. The van der Waals surface area contributed by atoms with Gasteiger partial charge >= 0.3 is 0 Å². The van der Waals surface area contributed by atoms with Crippen molar-refractivity contribution in [3.63, 3.8) is 0 Å². The molecule has 3 aromatic carbocycles. The zero-order chi connectivity index (χ0) is 23.9. The number of hydrogen-bond donors (Lipinski definition) is 4. The fourth-order valence-electron chi connectivity index (χ4n) is 3.39. The van der Waals surface area contributed by atoms with Crippen LogP contribution in [0, 0.1) is 0 Å². The van der Waals surface area contributed by atoms with Gasteiger partial charge in [0.15, 0.2) is 0 Å². The Balaban J connectivity index is 1.42. The molecule has 1 heterocycles. The summed E-state index contributed by atoms with van der Waals surface area (Å²) in [6, 6.07) is 20.5. The van der Waals surface area contributed by atoms with E-state index in [-0.39, 0.29) is 17.3 Å². The van der Waals surface area contributed by atoms with Gasteiger partial charge < -0.3 is 21.3 Å². The van der Waals surface area contributed by atoms with Gasteiger partial charge in [-0.05, 0) is 42.3 Å². The van der Waals surface area contributed by atoms with E-state index in [1.54, 1.807) is 36.5 Å². The molecule has 4 aromatic rings. The number of anilines is 6. The SMILES string of the molecule is C=CC(=O)Nc1cccc(Nc2cc(Nc3c(NCCc4ccccc4)c(=O)c3=O)ccn2)c1. The van der Waals surface area contributed by atoms with Crippen LogP contribution in [0.25, 0.3) is 0 Å². The van der Waals surface area contributed by atoms with E-state index in [0.29, 0.717) is 29.4 Å². The van der Waals surface area contributed by atoms with Crippen molar-refractivity contribution in [1.82, 2.24) is 4.98 Å².